The van der Waals surface area contributed by atoms with Crippen LogP contribution in [0, 0.1) is 11.8 Å². The van der Waals surface area contributed by atoms with Gasteiger partial charge in [0.2, 0.25) is 11.8 Å². The van der Waals surface area contributed by atoms with E-state index in [1.807, 2.05) is 6.92 Å². The molecule has 2 heterocycles. The normalized spacial score (nSPS) is 32.7. The number of piperidine rings is 1. The smallest absolute Gasteiger partial charge is 0.225 e. The number of carbonyl (C=O) groups is 2. The molecule has 2 rings (SSSR count). The summed E-state index contributed by atoms with van der Waals surface area (Å²) in [5.41, 5.74) is 0. The fourth-order valence-electron chi connectivity index (χ4n) is 2.78. The molecule has 0 saturated carbocycles. The maximum absolute atomic E-state index is 12.2. The molecule has 0 spiro atoms. The number of rotatable bonds is 3. The molecular weight excluding hydrogens is 230 g/mol. The number of carbonyl (C=O) groups excluding carboxylic acids is 2. The predicted molar refractivity (Wildman–Crippen MR) is 68.9 cm³/mol. The van der Waals surface area contributed by atoms with Crippen LogP contribution >= 0.6 is 0 Å². The second kappa shape index (κ2) is 5.69. The third kappa shape index (κ3) is 2.83. The van der Waals surface area contributed by atoms with E-state index < -0.39 is 0 Å². The fourth-order valence-corrected chi connectivity index (χ4v) is 2.78. The van der Waals surface area contributed by atoms with Gasteiger partial charge in [0.25, 0.3) is 0 Å². The van der Waals surface area contributed by atoms with Crippen LogP contribution in [0.15, 0.2) is 0 Å². The van der Waals surface area contributed by atoms with Gasteiger partial charge in [0.05, 0.1) is 5.92 Å². The van der Waals surface area contributed by atoms with E-state index >= 15 is 0 Å². The summed E-state index contributed by atoms with van der Waals surface area (Å²) >= 11 is 0. The van der Waals surface area contributed by atoms with E-state index in [9.17, 15) is 9.59 Å². The lowest BCUT2D eigenvalue weighted by Gasteiger charge is -2.31. The predicted octanol–water partition coefficient (Wildman–Crippen LogP) is -0.0310. The lowest BCUT2D eigenvalue weighted by molar-refractivity contribution is -0.129. The van der Waals surface area contributed by atoms with Crippen molar-refractivity contribution in [1.82, 2.24) is 15.5 Å². The standard InChI is InChI=1S/C13H23N3O2/c1-3-16-8-10(6-12(16)17)13(18)15-11-4-5-14-7-9(11)2/h9-11,14H,3-8H2,1-2H3,(H,15,18). The minimum absolute atomic E-state index is 0.0537. The first-order chi connectivity index (χ1) is 8.61. The number of amides is 2. The minimum Gasteiger partial charge on any atom is -0.353 e. The first-order valence-corrected chi connectivity index (χ1v) is 6.90. The van der Waals surface area contributed by atoms with E-state index in [0.717, 1.165) is 19.5 Å². The zero-order valence-corrected chi connectivity index (χ0v) is 11.2. The molecule has 2 N–H and O–H groups in total. The SMILES string of the molecule is CCN1CC(C(=O)NC2CCNCC2C)CC1=O. The summed E-state index contributed by atoms with van der Waals surface area (Å²) in [7, 11) is 0. The third-order valence-electron chi connectivity index (χ3n) is 4.08. The van der Waals surface area contributed by atoms with Crippen molar-refractivity contribution in [1.29, 1.82) is 0 Å². The Balaban J connectivity index is 1.86. The van der Waals surface area contributed by atoms with E-state index in [4.69, 9.17) is 0 Å². The molecule has 2 amide bonds. The molecule has 5 heteroatoms. The Labute approximate surface area is 108 Å². The quantitative estimate of drug-likeness (QED) is 0.742. The summed E-state index contributed by atoms with van der Waals surface area (Å²) in [6.07, 6.45) is 1.35. The zero-order valence-electron chi connectivity index (χ0n) is 11.2. The third-order valence-corrected chi connectivity index (χ3v) is 4.08. The van der Waals surface area contributed by atoms with Crippen molar-refractivity contribution in [2.45, 2.75) is 32.7 Å². The van der Waals surface area contributed by atoms with Crippen LogP contribution in [0.1, 0.15) is 26.7 Å². The average molecular weight is 253 g/mol. The van der Waals surface area contributed by atoms with E-state index in [2.05, 4.69) is 17.6 Å². The van der Waals surface area contributed by atoms with Gasteiger partial charge in [0.15, 0.2) is 0 Å². The van der Waals surface area contributed by atoms with Gasteiger partial charge < -0.3 is 15.5 Å². The maximum atomic E-state index is 12.2. The first-order valence-electron chi connectivity index (χ1n) is 6.90. The summed E-state index contributed by atoms with van der Waals surface area (Å²) in [6.45, 7) is 7.30. The van der Waals surface area contributed by atoms with Crippen LogP contribution in [0.2, 0.25) is 0 Å². The molecule has 0 bridgehead atoms. The highest BCUT2D eigenvalue weighted by Gasteiger charge is 2.35. The van der Waals surface area contributed by atoms with Gasteiger partial charge in [0.1, 0.15) is 0 Å². The summed E-state index contributed by atoms with van der Waals surface area (Å²) < 4.78 is 0. The molecule has 0 aliphatic carbocycles. The van der Waals surface area contributed by atoms with Crippen LogP contribution in [0.4, 0.5) is 0 Å². The van der Waals surface area contributed by atoms with Gasteiger partial charge >= 0.3 is 0 Å². The van der Waals surface area contributed by atoms with Crippen LogP contribution in [-0.2, 0) is 9.59 Å². The van der Waals surface area contributed by atoms with Gasteiger partial charge in [0, 0.05) is 25.6 Å². The molecule has 2 fully saturated rings. The Kier molecular flexibility index (Phi) is 4.22. The van der Waals surface area contributed by atoms with Gasteiger partial charge in [-0.2, -0.15) is 0 Å². The topological polar surface area (TPSA) is 61.4 Å². The molecule has 0 aromatic heterocycles. The van der Waals surface area contributed by atoms with Crippen LogP contribution in [0.25, 0.3) is 0 Å². The summed E-state index contributed by atoms with van der Waals surface area (Å²) in [4.78, 5) is 25.5. The Morgan fingerprint density at radius 2 is 2.33 bits per heavy atom. The molecule has 0 radical (unpaired) electrons. The Morgan fingerprint density at radius 1 is 1.56 bits per heavy atom. The van der Waals surface area contributed by atoms with Gasteiger partial charge in [-0.3, -0.25) is 9.59 Å². The van der Waals surface area contributed by atoms with Crippen molar-refractivity contribution >= 4 is 11.8 Å². The monoisotopic (exact) mass is 253 g/mol. The zero-order chi connectivity index (χ0) is 13.1. The van der Waals surface area contributed by atoms with Crippen molar-refractivity contribution < 1.29 is 9.59 Å². The van der Waals surface area contributed by atoms with Crippen molar-refractivity contribution in [2.24, 2.45) is 11.8 Å². The Bertz CT molecular complexity index is 332. The highest BCUT2D eigenvalue weighted by atomic mass is 16.2. The molecule has 0 aromatic carbocycles. The van der Waals surface area contributed by atoms with Crippen molar-refractivity contribution in [2.75, 3.05) is 26.2 Å². The molecule has 3 atom stereocenters. The van der Waals surface area contributed by atoms with Crippen LogP contribution in [0.5, 0.6) is 0 Å². The number of hydrogen-bond donors (Lipinski definition) is 2. The second-order valence-corrected chi connectivity index (χ2v) is 5.42. The molecule has 0 aromatic rings. The van der Waals surface area contributed by atoms with Gasteiger partial charge in [-0.15, -0.1) is 0 Å². The molecule has 102 valence electrons. The van der Waals surface area contributed by atoms with E-state index in [1.165, 1.54) is 0 Å². The van der Waals surface area contributed by atoms with Crippen molar-refractivity contribution in [3.63, 3.8) is 0 Å². The molecule has 5 nitrogen and oxygen atoms in total. The maximum Gasteiger partial charge on any atom is 0.225 e. The van der Waals surface area contributed by atoms with Gasteiger partial charge in [-0.25, -0.2) is 0 Å². The van der Waals surface area contributed by atoms with E-state index in [1.54, 1.807) is 4.90 Å². The Morgan fingerprint density at radius 3 is 2.94 bits per heavy atom. The molecule has 2 aliphatic rings. The van der Waals surface area contributed by atoms with Crippen LogP contribution in [0.3, 0.4) is 0 Å². The second-order valence-electron chi connectivity index (χ2n) is 5.42. The van der Waals surface area contributed by atoms with E-state index in [-0.39, 0.29) is 23.8 Å². The summed E-state index contributed by atoms with van der Waals surface area (Å²) in [6, 6.07) is 0.254. The lowest BCUT2D eigenvalue weighted by atomic mass is 9.94. The molecule has 3 unspecified atom stereocenters. The highest BCUT2D eigenvalue weighted by Crippen LogP contribution is 2.19. The van der Waals surface area contributed by atoms with Crippen LogP contribution in [-0.4, -0.2) is 48.9 Å². The lowest BCUT2D eigenvalue weighted by Crippen LogP contribution is -2.50. The molecule has 2 aliphatic heterocycles. The van der Waals surface area contributed by atoms with Gasteiger partial charge in [-0.1, -0.05) is 6.92 Å². The largest absolute Gasteiger partial charge is 0.353 e. The number of likely N-dealkylation sites (tertiary alicyclic amines) is 1. The van der Waals surface area contributed by atoms with E-state index in [0.29, 0.717) is 25.4 Å². The molecule has 18 heavy (non-hydrogen) atoms. The molecule has 2 saturated heterocycles. The number of nitrogens with zero attached hydrogens (tertiary/aromatic N) is 1. The Hall–Kier alpha value is -1.10. The minimum atomic E-state index is -0.153. The summed E-state index contributed by atoms with van der Waals surface area (Å²) in [5.74, 6) is 0.468. The van der Waals surface area contributed by atoms with Crippen molar-refractivity contribution in [3.05, 3.63) is 0 Å². The average Bonchev–Trinajstić information content (AvgIpc) is 2.73. The van der Waals surface area contributed by atoms with Crippen molar-refractivity contribution in [3.8, 4) is 0 Å². The summed E-state index contributed by atoms with van der Waals surface area (Å²) in [5, 5.41) is 6.43. The molecular formula is C13H23N3O2. The first kappa shape index (κ1) is 13.3. The highest BCUT2D eigenvalue weighted by molar-refractivity contribution is 5.89. The number of nitrogens with one attached hydrogen (secondary N) is 2. The van der Waals surface area contributed by atoms with Crippen LogP contribution < -0.4 is 10.6 Å². The number of hydrogen-bond acceptors (Lipinski definition) is 3. The fraction of sp³-hybridized carbons (Fsp3) is 0.846. The van der Waals surface area contributed by atoms with Gasteiger partial charge in [-0.05, 0) is 32.4 Å².